The van der Waals surface area contributed by atoms with E-state index in [1.807, 2.05) is 49.5 Å². The van der Waals surface area contributed by atoms with Crippen LogP contribution in [0.2, 0.25) is 0 Å². The Morgan fingerprint density at radius 1 is 1.25 bits per heavy atom. The maximum Gasteiger partial charge on any atom is 0.356 e. The Hall–Kier alpha value is -2.14. The van der Waals surface area contributed by atoms with Gasteiger partial charge >= 0.3 is 5.97 Å². The molecule has 1 aromatic carbocycles. The third-order valence-corrected chi connectivity index (χ3v) is 3.63. The molecule has 0 radical (unpaired) electrons. The Bertz CT molecular complexity index is 807. The summed E-state index contributed by atoms with van der Waals surface area (Å²) in [7, 11) is 0. The lowest BCUT2D eigenvalue weighted by atomic mass is 10.2. The van der Waals surface area contributed by atoms with E-state index in [4.69, 9.17) is 0 Å². The van der Waals surface area contributed by atoms with Crippen LogP contribution >= 0.6 is 15.9 Å². The first-order valence-electron chi connectivity index (χ1n) is 6.04. The molecule has 0 aliphatic carbocycles. The molecule has 5 heteroatoms. The SMILES string of the molecule is Cc1ccn2c(-c3ccc(Br)cc3)nc(C(=O)O)c2c1. The second-order valence-electron chi connectivity index (χ2n) is 4.56. The zero-order valence-electron chi connectivity index (χ0n) is 10.7. The predicted molar refractivity (Wildman–Crippen MR) is 80.0 cm³/mol. The van der Waals surface area contributed by atoms with E-state index >= 15 is 0 Å². The van der Waals surface area contributed by atoms with Gasteiger partial charge in [0.15, 0.2) is 5.69 Å². The number of fused-ring (bicyclic) bond motifs is 1. The van der Waals surface area contributed by atoms with Crippen molar-refractivity contribution in [3.8, 4) is 11.4 Å². The van der Waals surface area contributed by atoms with Gasteiger partial charge in [-0.15, -0.1) is 0 Å². The molecule has 0 unspecified atom stereocenters. The maximum atomic E-state index is 11.3. The van der Waals surface area contributed by atoms with Crippen molar-refractivity contribution in [1.29, 1.82) is 0 Å². The summed E-state index contributed by atoms with van der Waals surface area (Å²) >= 11 is 3.38. The fraction of sp³-hybridized carbons (Fsp3) is 0.0667. The van der Waals surface area contributed by atoms with Gasteiger partial charge in [0.2, 0.25) is 0 Å². The molecular weight excluding hydrogens is 320 g/mol. The molecule has 1 N–H and O–H groups in total. The number of halogens is 1. The van der Waals surface area contributed by atoms with E-state index in [1.54, 1.807) is 4.40 Å². The van der Waals surface area contributed by atoms with Crippen LogP contribution in [0.4, 0.5) is 0 Å². The zero-order chi connectivity index (χ0) is 14.3. The number of carboxylic acid groups (broad SMARTS) is 1. The molecule has 0 atom stereocenters. The lowest BCUT2D eigenvalue weighted by Crippen LogP contribution is -1.97. The molecule has 0 fully saturated rings. The Balaban J connectivity index is 2.31. The average Bonchev–Trinajstić information content (AvgIpc) is 2.78. The third-order valence-electron chi connectivity index (χ3n) is 3.10. The molecule has 3 aromatic rings. The van der Waals surface area contributed by atoms with Crippen molar-refractivity contribution in [2.45, 2.75) is 6.92 Å². The number of aromatic carboxylic acids is 1. The number of carbonyl (C=O) groups is 1. The molecule has 2 heterocycles. The molecule has 100 valence electrons. The van der Waals surface area contributed by atoms with E-state index in [2.05, 4.69) is 20.9 Å². The van der Waals surface area contributed by atoms with Gasteiger partial charge in [-0.1, -0.05) is 28.1 Å². The fourth-order valence-corrected chi connectivity index (χ4v) is 2.41. The number of carboxylic acids is 1. The number of hydrogen-bond donors (Lipinski definition) is 1. The predicted octanol–water partition coefficient (Wildman–Crippen LogP) is 3.77. The topological polar surface area (TPSA) is 54.6 Å². The van der Waals surface area contributed by atoms with Crippen LogP contribution < -0.4 is 0 Å². The largest absolute Gasteiger partial charge is 0.476 e. The molecule has 0 spiro atoms. The number of benzene rings is 1. The van der Waals surface area contributed by atoms with E-state index in [-0.39, 0.29) is 5.69 Å². The monoisotopic (exact) mass is 330 g/mol. The van der Waals surface area contributed by atoms with Gasteiger partial charge in [0, 0.05) is 16.2 Å². The third kappa shape index (κ3) is 2.10. The molecule has 0 aliphatic heterocycles. The van der Waals surface area contributed by atoms with Crippen LogP contribution in [-0.2, 0) is 0 Å². The van der Waals surface area contributed by atoms with E-state index in [0.717, 1.165) is 15.6 Å². The Labute approximate surface area is 123 Å². The molecule has 2 aromatic heterocycles. The van der Waals surface area contributed by atoms with Gasteiger partial charge in [0.25, 0.3) is 0 Å². The Kier molecular flexibility index (Phi) is 3.06. The Morgan fingerprint density at radius 2 is 1.95 bits per heavy atom. The molecule has 4 nitrogen and oxygen atoms in total. The molecule has 20 heavy (non-hydrogen) atoms. The summed E-state index contributed by atoms with van der Waals surface area (Å²) in [4.78, 5) is 15.6. The quantitative estimate of drug-likeness (QED) is 0.778. The molecule has 3 rings (SSSR count). The number of nitrogens with zero attached hydrogens (tertiary/aromatic N) is 2. The highest BCUT2D eigenvalue weighted by Crippen LogP contribution is 2.25. The van der Waals surface area contributed by atoms with Crippen molar-refractivity contribution in [2.24, 2.45) is 0 Å². The van der Waals surface area contributed by atoms with Crippen LogP contribution in [0.1, 0.15) is 16.1 Å². The molecule has 0 bridgehead atoms. The first-order valence-corrected chi connectivity index (χ1v) is 6.83. The van der Waals surface area contributed by atoms with Crippen LogP contribution in [-0.4, -0.2) is 20.5 Å². The van der Waals surface area contributed by atoms with Gasteiger partial charge in [0.1, 0.15) is 5.82 Å². The zero-order valence-corrected chi connectivity index (χ0v) is 12.3. The first-order chi connectivity index (χ1) is 9.56. The lowest BCUT2D eigenvalue weighted by Gasteiger charge is -2.02. The summed E-state index contributed by atoms with van der Waals surface area (Å²) in [6, 6.07) is 11.4. The number of rotatable bonds is 2. The van der Waals surface area contributed by atoms with Gasteiger partial charge < -0.3 is 5.11 Å². The Morgan fingerprint density at radius 3 is 2.60 bits per heavy atom. The molecule has 0 saturated carbocycles. The highest BCUT2D eigenvalue weighted by molar-refractivity contribution is 9.10. The summed E-state index contributed by atoms with van der Waals surface area (Å²) in [6.07, 6.45) is 1.85. The molecule has 0 amide bonds. The average molecular weight is 331 g/mol. The molecule has 0 aliphatic rings. The van der Waals surface area contributed by atoms with E-state index in [9.17, 15) is 9.90 Å². The summed E-state index contributed by atoms with van der Waals surface area (Å²) < 4.78 is 2.77. The number of aromatic nitrogens is 2. The van der Waals surface area contributed by atoms with Gasteiger partial charge in [-0.2, -0.15) is 0 Å². The second kappa shape index (κ2) is 4.76. The fourth-order valence-electron chi connectivity index (χ4n) is 2.15. The van der Waals surface area contributed by atoms with Crippen molar-refractivity contribution in [3.05, 3.63) is 58.3 Å². The van der Waals surface area contributed by atoms with Crippen LogP contribution in [0, 0.1) is 6.92 Å². The van der Waals surface area contributed by atoms with Crippen LogP contribution in [0.25, 0.3) is 16.9 Å². The number of pyridine rings is 1. The molecule has 0 saturated heterocycles. The number of aryl methyl sites for hydroxylation is 1. The summed E-state index contributed by atoms with van der Waals surface area (Å²) in [5, 5.41) is 9.29. The van der Waals surface area contributed by atoms with Gasteiger partial charge in [0.05, 0.1) is 5.52 Å². The maximum absolute atomic E-state index is 11.3. The first kappa shape index (κ1) is 12.9. The smallest absolute Gasteiger partial charge is 0.356 e. The van der Waals surface area contributed by atoms with E-state index in [1.165, 1.54) is 0 Å². The summed E-state index contributed by atoms with van der Waals surface area (Å²) in [6.45, 7) is 1.93. The van der Waals surface area contributed by atoms with Gasteiger partial charge in [-0.25, -0.2) is 9.78 Å². The summed E-state index contributed by atoms with van der Waals surface area (Å²) in [5.74, 6) is -0.388. The van der Waals surface area contributed by atoms with E-state index < -0.39 is 5.97 Å². The van der Waals surface area contributed by atoms with Crippen molar-refractivity contribution in [1.82, 2.24) is 9.38 Å². The standard InChI is InChI=1S/C15H11BrN2O2/c1-9-6-7-18-12(8-9)13(15(19)20)17-14(18)10-2-4-11(16)5-3-10/h2-8H,1H3,(H,19,20). The van der Waals surface area contributed by atoms with Crippen molar-refractivity contribution < 1.29 is 9.90 Å². The van der Waals surface area contributed by atoms with Crippen molar-refractivity contribution >= 4 is 27.4 Å². The van der Waals surface area contributed by atoms with Crippen LogP contribution in [0.3, 0.4) is 0 Å². The minimum absolute atomic E-state index is 0.0756. The highest BCUT2D eigenvalue weighted by atomic mass is 79.9. The van der Waals surface area contributed by atoms with Crippen molar-refractivity contribution in [3.63, 3.8) is 0 Å². The second-order valence-corrected chi connectivity index (χ2v) is 5.47. The van der Waals surface area contributed by atoms with Crippen molar-refractivity contribution in [2.75, 3.05) is 0 Å². The van der Waals surface area contributed by atoms with Gasteiger partial charge in [-0.05, 0) is 36.8 Å². The highest BCUT2D eigenvalue weighted by Gasteiger charge is 2.17. The molecular formula is C15H11BrN2O2. The van der Waals surface area contributed by atoms with E-state index in [0.29, 0.717) is 11.3 Å². The number of hydrogen-bond acceptors (Lipinski definition) is 2. The summed E-state index contributed by atoms with van der Waals surface area (Å²) in [5.41, 5.74) is 2.56. The minimum atomic E-state index is -1.02. The minimum Gasteiger partial charge on any atom is -0.476 e. The van der Waals surface area contributed by atoms with Gasteiger partial charge in [-0.3, -0.25) is 4.40 Å². The normalized spacial score (nSPS) is 10.9. The van der Waals surface area contributed by atoms with Crippen LogP contribution in [0.5, 0.6) is 0 Å². The lowest BCUT2D eigenvalue weighted by molar-refractivity contribution is 0.0693. The number of imidazole rings is 1. The van der Waals surface area contributed by atoms with Crippen LogP contribution in [0.15, 0.2) is 47.1 Å².